The lowest BCUT2D eigenvalue weighted by Gasteiger charge is -2.64. The van der Waals surface area contributed by atoms with Crippen molar-refractivity contribution in [1.82, 2.24) is 0 Å². The largest absolute Gasteiger partial charge is 0.0651 e. The maximum absolute atomic E-state index is 2.71. The van der Waals surface area contributed by atoms with Crippen molar-refractivity contribution in [3.63, 3.8) is 0 Å². The van der Waals surface area contributed by atoms with Gasteiger partial charge in [-0.25, -0.2) is 0 Å². The molecule has 0 radical (unpaired) electrons. The molecular weight excluding hydrogens is 336 g/mol. The van der Waals surface area contributed by atoms with Gasteiger partial charge in [-0.05, 0) is 70.5 Å². The van der Waals surface area contributed by atoms with Crippen LogP contribution in [0.25, 0.3) is 0 Å². The van der Waals surface area contributed by atoms with Crippen LogP contribution in [0.1, 0.15) is 122 Å². The van der Waals surface area contributed by atoms with Crippen molar-refractivity contribution in [3.05, 3.63) is 0 Å². The van der Waals surface area contributed by atoms with Crippen LogP contribution in [0.2, 0.25) is 0 Å². The molecule has 0 heteroatoms. The Kier molecular flexibility index (Phi) is 8.77. The van der Waals surface area contributed by atoms with Gasteiger partial charge in [0, 0.05) is 0 Å². The summed E-state index contributed by atoms with van der Waals surface area (Å²) in [5.74, 6) is 5.86. The van der Waals surface area contributed by atoms with Crippen LogP contribution in [0.15, 0.2) is 0 Å². The van der Waals surface area contributed by atoms with Crippen molar-refractivity contribution < 1.29 is 0 Å². The molecule has 0 nitrogen and oxygen atoms in total. The Morgan fingerprint density at radius 2 is 1.21 bits per heavy atom. The van der Waals surface area contributed by atoms with Gasteiger partial charge in [0.2, 0.25) is 0 Å². The second kappa shape index (κ2) is 9.43. The Hall–Kier alpha value is 0. The molecule has 0 aromatic carbocycles. The maximum Gasteiger partial charge on any atom is -0.0193 e. The van der Waals surface area contributed by atoms with Crippen LogP contribution in [-0.4, -0.2) is 0 Å². The van der Waals surface area contributed by atoms with Crippen LogP contribution in [0.3, 0.4) is 0 Å². The highest BCUT2D eigenvalue weighted by molar-refractivity contribution is 5.08. The Morgan fingerprint density at radius 3 is 1.57 bits per heavy atom. The third kappa shape index (κ3) is 4.09. The molecule has 6 unspecified atom stereocenters. The van der Waals surface area contributed by atoms with Crippen molar-refractivity contribution in [2.45, 2.75) is 122 Å². The first-order valence-electron chi connectivity index (χ1n) is 12.8. The molecule has 168 valence electrons. The monoisotopic (exact) mass is 392 g/mol. The van der Waals surface area contributed by atoms with E-state index in [0.717, 1.165) is 35.5 Å². The molecule has 0 heterocycles. The smallest absolute Gasteiger partial charge is 0.0193 e. The minimum absolute atomic E-state index is 0.342. The first-order chi connectivity index (χ1) is 12.8. The van der Waals surface area contributed by atoms with Gasteiger partial charge >= 0.3 is 0 Å². The lowest BCUT2D eigenvalue weighted by atomic mass is 9.40. The molecule has 0 amide bonds. The fourth-order valence-corrected chi connectivity index (χ4v) is 7.44. The molecule has 1 saturated carbocycles. The quantitative estimate of drug-likeness (QED) is 0.328. The predicted molar refractivity (Wildman–Crippen MR) is 129 cm³/mol. The molecule has 1 aliphatic carbocycles. The summed E-state index contributed by atoms with van der Waals surface area (Å²) in [5.41, 5.74) is 1.11. The van der Waals surface area contributed by atoms with Crippen molar-refractivity contribution in [2.24, 2.45) is 57.7 Å². The van der Waals surface area contributed by atoms with E-state index in [1.807, 2.05) is 0 Å². The molecule has 0 N–H and O–H groups in total. The Bertz CT molecular complexity index is 462. The lowest BCUT2D eigenvalue weighted by Crippen LogP contribution is -2.58. The molecule has 0 bridgehead atoms. The molecule has 0 aromatic rings. The zero-order chi connectivity index (χ0) is 22.1. The van der Waals surface area contributed by atoms with Gasteiger partial charge in [0.1, 0.15) is 0 Å². The first kappa shape index (κ1) is 26.0. The summed E-state index contributed by atoms with van der Waals surface area (Å²) in [5, 5.41) is 0. The van der Waals surface area contributed by atoms with E-state index >= 15 is 0 Å². The fraction of sp³-hybridized carbons (Fsp3) is 1.00. The summed E-state index contributed by atoms with van der Waals surface area (Å²) in [6, 6.07) is 0. The zero-order valence-corrected chi connectivity index (χ0v) is 22.1. The lowest BCUT2D eigenvalue weighted by molar-refractivity contribution is -0.160. The summed E-state index contributed by atoms with van der Waals surface area (Å²) < 4.78 is 0. The SMILES string of the molecule is CCC(C)CC(C)C(C)(CC1C(C)C(C)C1C)C(C)(C(C)C)C(C)(CC)CC. The molecular formula is C28H56. The summed E-state index contributed by atoms with van der Waals surface area (Å²) in [4.78, 5) is 0. The summed E-state index contributed by atoms with van der Waals surface area (Å²) >= 11 is 0. The molecule has 0 spiro atoms. The molecule has 1 rings (SSSR count). The Morgan fingerprint density at radius 1 is 0.750 bits per heavy atom. The Labute approximate surface area is 180 Å². The molecule has 0 aliphatic heterocycles. The average Bonchev–Trinajstić information content (AvgIpc) is 2.68. The van der Waals surface area contributed by atoms with Crippen LogP contribution in [-0.2, 0) is 0 Å². The summed E-state index contributed by atoms with van der Waals surface area (Å²) in [6.45, 7) is 32.9. The highest BCUT2D eigenvalue weighted by atomic mass is 14.6. The molecule has 0 saturated heterocycles. The van der Waals surface area contributed by atoms with Crippen molar-refractivity contribution >= 4 is 0 Å². The second-order valence-corrected chi connectivity index (χ2v) is 12.1. The number of hydrogen-bond donors (Lipinski definition) is 0. The van der Waals surface area contributed by atoms with E-state index in [0.29, 0.717) is 22.2 Å². The molecule has 1 fully saturated rings. The van der Waals surface area contributed by atoms with E-state index in [4.69, 9.17) is 0 Å². The third-order valence-electron chi connectivity index (χ3n) is 11.4. The van der Waals surface area contributed by atoms with Gasteiger partial charge in [-0.1, -0.05) is 109 Å². The number of hydrogen-bond acceptors (Lipinski definition) is 0. The van der Waals surface area contributed by atoms with Crippen molar-refractivity contribution in [1.29, 1.82) is 0 Å². The highest BCUT2D eigenvalue weighted by Crippen LogP contribution is 2.66. The van der Waals surface area contributed by atoms with Crippen LogP contribution < -0.4 is 0 Å². The maximum atomic E-state index is 2.71. The average molecular weight is 393 g/mol. The zero-order valence-electron chi connectivity index (χ0n) is 22.1. The van der Waals surface area contributed by atoms with Crippen LogP contribution in [0, 0.1) is 57.7 Å². The van der Waals surface area contributed by atoms with Gasteiger partial charge in [-0.15, -0.1) is 0 Å². The highest BCUT2D eigenvalue weighted by Gasteiger charge is 2.59. The summed E-state index contributed by atoms with van der Waals surface area (Å²) in [6.07, 6.45) is 6.68. The fourth-order valence-electron chi connectivity index (χ4n) is 7.44. The summed E-state index contributed by atoms with van der Waals surface area (Å²) in [7, 11) is 0. The van der Waals surface area contributed by atoms with Gasteiger partial charge < -0.3 is 0 Å². The van der Waals surface area contributed by atoms with Crippen LogP contribution in [0.5, 0.6) is 0 Å². The van der Waals surface area contributed by atoms with Crippen LogP contribution >= 0.6 is 0 Å². The molecule has 28 heavy (non-hydrogen) atoms. The van der Waals surface area contributed by atoms with E-state index in [2.05, 4.69) is 90.0 Å². The van der Waals surface area contributed by atoms with Crippen molar-refractivity contribution in [2.75, 3.05) is 0 Å². The van der Waals surface area contributed by atoms with E-state index in [1.54, 1.807) is 0 Å². The van der Waals surface area contributed by atoms with E-state index < -0.39 is 0 Å². The van der Waals surface area contributed by atoms with Gasteiger partial charge in [0.05, 0.1) is 0 Å². The van der Waals surface area contributed by atoms with Gasteiger partial charge in [0.25, 0.3) is 0 Å². The van der Waals surface area contributed by atoms with Crippen LogP contribution in [0.4, 0.5) is 0 Å². The van der Waals surface area contributed by atoms with E-state index in [1.165, 1.54) is 32.1 Å². The first-order valence-corrected chi connectivity index (χ1v) is 12.8. The predicted octanol–water partition coefficient (Wildman–Crippen LogP) is 9.48. The van der Waals surface area contributed by atoms with Gasteiger partial charge in [-0.2, -0.15) is 0 Å². The normalized spacial score (nSPS) is 32.4. The topological polar surface area (TPSA) is 0 Å². The van der Waals surface area contributed by atoms with E-state index in [9.17, 15) is 0 Å². The van der Waals surface area contributed by atoms with Gasteiger partial charge in [-0.3, -0.25) is 0 Å². The van der Waals surface area contributed by atoms with E-state index in [-0.39, 0.29) is 0 Å². The third-order valence-corrected chi connectivity index (χ3v) is 11.4. The second-order valence-electron chi connectivity index (χ2n) is 12.1. The van der Waals surface area contributed by atoms with Gasteiger partial charge in [0.15, 0.2) is 0 Å². The minimum atomic E-state index is 0.342. The standard InChI is InChI=1S/C28H56/c1-14-20(6)17-21(7)27(12,18-25-23(9)22(8)24(25)10)28(13,19(4)5)26(11,15-2)16-3/h19-25H,14-18H2,1-13H3. The minimum Gasteiger partial charge on any atom is -0.0651 e. The Balaban J connectivity index is 3.49. The number of rotatable bonds is 11. The molecule has 1 aliphatic rings. The van der Waals surface area contributed by atoms with Crippen molar-refractivity contribution in [3.8, 4) is 0 Å². The molecule has 0 aromatic heterocycles. The molecule has 6 atom stereocenters.